The minimum absolute atomic E-state index is 0.328. The average Bonchev–Trinajstić information content (AvgIpc) is 2.39. The van der Waals surface area contributed by atoms with Crippen LogP contribution >= 0.6 is 11.8 Å². The lowest BCUT2D eigenvalue weighted by atomic mass is 10.1. The molecule has 0 radical (unpaired) electrons. The second kappa shape index (κ2) is 7.94. The fraction of sp³-hybridized carbons (Fsp3) is 0.500. The Morgan fingerprint density at radius 1 is 1.47 bits per heavy atom. The minimum atomic E-state index is -0.328. The molecule has 0 aliphatic heterocycles. The first-order valence-corrected chi connectivity index (χ1v) is 7.76. The zero-order valence-electron chi connectivity index (χ0n) is 11.8. The number of carbonyl (C=O) groups is 1. The van der Waals surface area contributed by atoms with E-state index in [0.717, 1.165) is 24.4 Å². The summed E-state index contributed by atoms with van der Waals surface area (Å²) in [7, 11) is 2.01. The lowest BCUT2D eigenvalue weighted by Crippen LogP contribution is -2.20. The molecular weight excluding hydrogens is 260 g/mol. The van der Waals surface area contributed by atoms with Gasteiger partial charge in [-0.15, -0.1) is 0 Å². The van der Waals surface area contributed by atoms with Crippen molar-refractivity contribution in [3.8, 4) is 0 Å². The van der Waals surface area contributed by atoms with Crippen molar-refractivity contribution in [1.29, 1.82) is 0 Å². The summed E-state index contributed by atoms with van der Waals surface area (Å²) in [6.07, 6.45) is 3.21. The van der Waals surface area contributed by atoms with Crippen LogP contribution in [-0.4, -0.2) is 38.2 Å². The molecular formula is C14H22N2O2S. The zero-order chi connectivity index (χ0) is 14.3. The van der Waals surface area contributed by atoms with Crippen LogP contribution in [0.25, 0.3) is 0 Å². The van der Waals surface area contributed by atoms with Crippen LogP contribution < -0.4 is 10.6 Å². The molecule has 0 amide bonds. The second-order valence-corrected chi connectivity index (χ2v) is 5.25. The molecule has 19 heavy (non-hydrogen) atoms. The highest BCUT2D eigenvalue weighted by atomic mass is 32.2. The van der Waals surface area contributed by atoms with E-state index in [2.05, 4.69) is 11.2 Å². The summed E-state index contributed by atoms with van der Waals surface area (Å²) in [4.78, 5) is 13.7. The standard InChI is InChI=1S/C14H22N2O2S/c1-4-18-14(17)11-6-7-13(12(15)10-11)16(2)8-5-9-19-3/h6-7,10H,4-5,8-9,15H2,1-3H3. The van der Waals surface area contributed by atoms with Gasteiger partial charge in [-0.1, -0.05) is 0 Å². The van der Waals surface area contributed by atoms with E-state index in [1.807, 2.05) is 24.9 Å². The molecule has 4 nitrogen and oxygen atoms in total. The highest BCUT2D eigenvalue weighted by Gasteiger charge is 2.11. The predicted octanol–water partition coefficient (Wildman–Crippen LogP) is 2.63. The zero-order valence-corrected chi connectivity index (χ0v) is 12.6. The third-order valence-corrected chi connectivity index (χ3v) is 3.49. The van der Waals surface area contributed by atoms with E-state index in [1.165, 1.54) is 0 Å². The molecule has 0 saturated heterocycles. The van der Waals surface area contributed by atoms with E-state index in [-0.39, 0.29) is 5.97 Å². The van der Waals surface area contributed by atoms with Crippen LogP contribution in [0.5, 0.6) is 0 Å². The Morgan fingerprint density at radius 3 is 2.79 bits per heavy atom. The fourth-order valence-corrected chi connectivity index (χ4v) is 2.23. The first-order valence-electron chi connectivity index (χ1n) is 6.36. The van der Waals surface area contributed by atoms with Crippen LogP contribution in [0.3, 0.4) is 0 Å². The van der Waals surface area contributed by atoms with E-state index in [4.69, 9.17) is 10.5 Å². The van der Waals surface area contributed by atoms with Crippen LogP contribution in [0.1, 0.15) is 23.7 Å². The number of carbonyl (C=O) groups excluding carboxylic acids is 1. The van der Waals surface area contributed by atoms with Gasteiger partial charge in [0.1, 0.15) is 0 Å². The maximum absolute atomic E-state index is 11.6. The van der Waals surface area contributed by atoms with E-state index in [9.17, 15) is 4.79 Å². The minimum Gasteiger partial charge on any atom is -0.462 e. The Bertz CT molecular complexity index is 424. The Morgan fingerprint density at radius 2 is 2.21 bits per heavy atom. The van der Waals surface area contributed by atoms with Gasteiger partial charge >= 0.3 is 5.97 Å². The molecule has 0 bridgehead atoms. The Balaban J connectivity index is 2.73. The molecule has 0 unspecified atom stereocenters. The molecule has 1 aromatic rings. The molecule has 5 heteroatoms. The summed E-state index contributed by atoms with van der Waals surface area (Å²) in [6, 6.07) is 5.31. The molecule has 1 rings (SSSR count). The number of ether oxygens (including phenoxy) is 1. The number of thioether (sulfide) groups is 1. The van der Waals surface area contributed by atoms with Gasteiger partial charge in [0.05, 0.1) is 23.5 Å². The van der Waals surface area contributed by atoms with Gasteiger partial charge < -0.3 is 15.4 Å². The van der Waals surface area contributed by atoms with Crippen molar-refractivity contribution < 1.29 is 9.53 Å². The number of nitrogens with two attached hydrogens (primary N) is 1. The highest BCUT2D eigenvalue weighted by molar-refractivity contribution is 7.98. The van der Waals surface area contributed by atoms with Crippen molar-refractivity contribution in [2.75, 3.05) is 42.8 Å². The topological polar surface area (TPSA) is 55.6 Å². The number of rotatable bonds is 7. The van der Waals surface area contributed by atoms with Gasteiger partial charge in [-0.2, -0.15) is 11.8 Å². The van der Waals surface area contributed by atoms with Crippen molar-refractivity contribution in [3.05, 3.63) is 23.8 Å². The molecule has 0 atom stereocenters. The van der Waals surface area contributed by atoms with Crippen LogP contribution in [0, 0.1) is 0 Å². The van der Waals surface area contributed by atoms with E-state index in [1.54, 1.807) is 19.1 Å². The third kappa shape index (κ3) is 4.67. The van der Waals surface area contributed by atoms with Gasteiger partial charge in [0.15, 0.2) is 0 Å². The van der Waals surface area contributed by atoms with Crippen molar-refractivity contribution >= 4 is 29.1 Å². The number of anilines is 2. The van der Waals surface area contributed by atoms with Gasteiger partial charge in [0, 0.05) is 13.6 Å². The number of hydrogen-bond donors (Lipinski definition) is 1. The van der Waals surface area contributed by atoms with Crippen molar-refractivity contribution in [3.63, 3.8) is 0 Å². The van der Waals surface area contributed by atoms with Gasteiger partial charge in [-0.25, -0.2) is 4.79 Å². The van der Waals surface area contributed by atoms with Crippen LogP contribution in [-0.2, 0) is 4.74 Å². The Hall–Kier alpha value is -1.36. The van der Waals surface area contributed by atoms with E-state index in [0.29, 0.717) is 17.9 Å². The summed E-state index contributed by atoms with van der Waals surface area (Å²) >= 11 is 1.84. The first-order chi connectivity index (χ1) is 9.10. The summed E-state index contributed by atoms with van der Waals surface area (Å²) in [6.45, 7) is 3.11. The summed E-state index contributed by atoms with van der Waals surface area (Å²) in [5.74, 6) is 0.802. The predicted molar refractivity (Wildman–Crippen MR) is 83.1 cm³/mol. The molecule has 0 heterocycles. The third-order valence-electron chi connectivity index (χ3n) is 2.79. The number of nitrogens with zero attached hydrogens (tertiary/aromatic N) is 1. The molecule has 0 aromatic heterocycles. The fourth-order valence-electron chi connectivity index (χ4n) is 1.81. The van der Waals surface area contributed by atoms with Crippen molar-refractivity contribution in [1.82, 2.24) is 0 Å². The number of esters is 1. The smallest absolute Gasteiger partial charge is 0.338 e. The van der Waals surface area contributed by atoms with Gasteiger partial charge in [-0.3, -0.25) is 0 Å². The molecule has 1 aromatic carbocycles. The lowest BCUT2D eigenvalue weighted by molar-refractivity contribution is 0.0526. The summed E-state index contributed by atoms with van der Waals surface area (Å²) in [5, 5.41) is 0. The number of benzene rings is 1. The van der Waals surface area contributed by atoms with Crippen molar-refractivity contribution in [2.24, 2.45) is 0 Å². The molecule has 0 fully saturated rings. The second-order valence-electron chi connectivity index (χ2n) is 4.26. The lowest BCUT2D eigenvalue weighted by Gasteiger charge is -2.21. The molecule has 0 saturated carbocycles. The quantitative estimate of drug-likeness (QED) is 0.473. The molecule has 0 aliphatic carbocycles. The van der Waals surface area contributed by atoms with Gasteiger partial charge in [0.2, 0.25) is 0 Å². The molecule has 106 valence electrons. The number of nitrogen functional groups attached to an aromatic ring is 1. The van der Waals surface area contributed by atoms with Crippen LogP contribution in [0.15, 0.2) is 18.2 Å². The van der Waals surface area contributed by atoms with E-state index < -0.39 is 0 Å². The maximum atomic E-state index is 11.6. The van der Waals surface area contributed by atoms with E-state index >= 15 is 0 Å². The SMILES string of the molecule is CCOC(=O)c1ccc(N(C)CCCSC)c(N)c1. The highest BCUT2D eigenvalue weighted by Crippen LogP contribution is 2.24. The normalized spacial score (nSPS) is 10.3. The average molecular weight is 282 g/mol. The summed E-state index contributed by atoms with van der Waals surface area (Å²) < 4.78 is 4.95. The monoisotopic (exact) mass is 282 g/mol. The van der Waals surface area contributed by atoms with Crippen LogP contribution in [0.2, 0.25) is 0 Å². The number of hydrogen-bond acceptors (Lipinski definition) is 5. The van der Waals surface area contributed by atoms with Crippen molar-refractivity contribution in [2.45, 2.75) is 13.3 Å². The molecule has 2 N–H and O–H groups in total. The van der Waals surface area contributed by atoms with Gasteiger partial charge in [0.25, 0.3) is 0 Å². The first kappa shape index (κ1) is 15.7. The Kier molecular flexibility index (Phi) is 6.56. The van der Waals surface area contributed by atoms with Crippen LogP contribution in [0.4, 0.5) is 11.4 Å². The summed E-state index contributed by atoms with van der Waals surface area (Å²) in [5.41, 5.74) is 8.07. The van der Waals surface area contributed by atoms with Gasteiger partial charge in [-0.05, 0) is 43.6 Å². The molecule has 0 aliphatic rings. The largest absolute Gasteiger partial charge is 0.462 e. The maximum Gasteiger partial charge on any atom is 0.338 e. The molecule has 0 spiro atoms. The Labute approximate surface area is 119 Å².